The van der Waals surface area contributed by atoms with Crippen LogP contribution in [0.15, 0.2) is 36.4 Å². The highest BCUT2D eigenvalue weighted by atomic mass is 14.2. The van der Waals surface area contributed by atoms with Gasteiger partial charge >= 0.3 is 0 Å². The van der Waals surface area contributed by atoms with Crippen molar-refractivity contribution in [1.82, 2.24) is 0 Å². The first kappa shape index (κ1) is 14.9. The van der Waals surface area contributed by atoms with Gasteiger partial charge in [0.25, 0.3) is 0 Å². The first-order valence-corrected chi connectivity index (χ1v) is 8.09. The number of allylic oxidation sites excluding steroid dienone is 2. The van der Waals surface area contributed by atoms with Crippen LogP contribution in [0.3, 0.4) is 0 Å². The summed E-state index contributed by atoms with van der Waals surface area (Å²) in [5, 5.41) is 0. The van der Waals surface area contributed by atoms with Gasteiger partial charge in [-0.2, -0.15) is 0 Å². The second-order valence-corrected chi connectivity index (χ2v) is 5.87. The third-order valence-electron chi connectivity index (χ3n) is 4.50. The van der Waals surface area contributed by atoms with Crippen molar-refractivity contribution < 1.29 is 0 Å². The van der Waals surface area contributed by atoms with Gasteiger partial charge in [0.2, 0.25) is 0 Å². The molecule has 0 N–H and O–H groups in total. The van der Waals surface area contributed by atoms with Crippen LogP contribution in [0, 0.1) is 23.7 Å². The number of hydrogen-bond acceptors (Lipinski definition) is 0. The maximum atomic E-state index is 3.22. The van der Waals surface area contributed by atoms with Crippen molar-refractivity contribution >= 4 is 0 Å². The smallest absolute Gasteiger partial charge is 0.0249 e. The molecular formula is C20H26. The Labute approximate surface area is 124 Å². The number of benzene rings is 1. The molecular weight excluding hydrogens is 240 g/mol. The molecule has 2 rings (SSSR count). The van der Waals surface area contributed by atoms with Gasteiger partial charge in [0.15, 0.2) is 0 Å². The summed E-state index contributed by atoms with van der Waals surface area (Å²) >= 11 is 0. The summed E-state index contributed by atoms with van der Waals surface area (Å²) in [5.74, 6) is 8.13. The van der Waals surface area contributed by atoms with Crippen LogP contribution >= 0.6 is 0 Å². The molecule has 0 saturated heterocycles. The van der Waals surface area contributed by atoms with Gasteiger partial charge in [-0.15, -0.1) is 0 Å². The molecule has 0 heteroatoms. The van der Waals surface area contributed by atoms with Crippen molar-refractivity contribution in [2.24, 2.45) is 11.8 Å². The summed E-state index contributed by atoms with van der Waals surface area (Å²) < 4.78 is 0. The second-order valence-electron chi connectivity index (χ2n) is 5.87. The van der Waals surface area contributed by atoms with E-state index in [1.807, 2.05) is 0 Å². The highest BCUT2D eigenvalue weighted by Crippen LogP contribution is 2.31. The van der Waals surface area contributed by atoms with Crippen molar-refractivity contribution in [3.63, 3.8) is 0 Å². The van der Waals surface area contributed by atoms with Gasteiger partial charge in [0.05, 0.1) is 0 Å². The molecule has 1 aromatic rings. The Kier molecular flexibility index (Phi) is 5.93. The zero-order valence-electron chi connectivity index (χ0n) is 12.9. The first-order chi connectivity index (χ1) is 9.81. The molecule has 1 fully saturated rings. The van der Waals surface area contributed by atoms with Crippen molar-refractivity contribution in [1.29, 1.82) is 0 Å². The second kappa shape index (κ2) is 7.95. The Balaban J connectivity index is 1.82. The third kappa shape index (κ3) is 4.57. The average Bonchev–Trinajstić information content (AvgIpc) is 2.53. The Morgan fingerprint density at radius 1 is 1.05 bits per heavy atom. The molecule has 1 saturated carbocycles. The van der Waals surface area contributed by atoms with Crippen molar-refractivity contribution in [2.75, 3.05) is 0 Å². The molecule has 0 aromatic heterocycles. The van der Waals surface area contributed by atoms with E-state index in [0.717, 1.165) is 23.8 Å². The van der Waals surface area contributed by atoms with E-state index in [1.165, 1.54) is 37.7 Å². The third-order valence-corrected chi connectivity index (χ3v) is 4.50. The van der Waals surface area contributed by atoms with Gasteiger partial charge in [-0.1, -0.05) is 50.3 Å². The van der Waals surface area contributed by atoms with Crippen LogP contribution in [0.4, 0.5) is 0 Å². The van der Waals surface area contributed by atoms with Gasteiger partial charge in [0.1, 0.15) is 0 Å². The normalized spacial score (nSPS) is 22.5. The topological polar surface area (TPSA) is 0 Å². The van der Waals surface area contributed by atoms with E-state index in [9.17, 15) is 0 Å². The maximum Gasteiger partial charge on any atom is 0.0249 e. The van der Waals surface area contributed by atoms with E-state index in [0.29, 0.717) is 0 Å². The van der Waals surface area contributed by atoms with Crippen LogP contribution in [0.1, 0.15) is 57.1 Å². The minimum Gasteiger partial charge on any atom is -0.0730 e. The minimum absolute atomic E-state index is 0.759. The van der Waals surface area contributed by atoms with Crippen molar-refractivity contribution in [3.8, 4) is 11.8 Å². The minimum atomic E-state index is 0.759. The fraction of sp³-hybridized carbons (Fsp3) is 0.500. The summed E-state index contributed by atoms with van der Waals surface area (Å²) in [6.07, 6.45) is 12.3. The van der Waals surface area contributed by atoms with E-state index < -0.39 is 0 Å². The molecule has 106 valence electrons. The van der Waals surface area contributed by atoms with Crippen LogP contribution in [-0.2, 0) is 6.42 Å². The number of hydrogen-bond donors (Lipinski definition) is 0. The average molecular weight is 266 g/mol. The Morgan fingerprint density at radius 3 is 2.35 bits per heavy atom. The fourth-order valence-electron chi connectivity index (χ4n) is 2.92. The van der Waals surface area contributed by atoms with E-state index in [1.54, 1.807) is 0 Å². The lowest BCUT2D eigenvalue weighted by atomic mass is 9.81. The highest BCUT2D eigenvalue weighted by molar-refractivity contribution is 5.38. The van der Waals surface area contributed by atoms with Crippen LogP contribution in [-0.4, -0.2) is 0 Å². The van der Waals surface area contributed by atoms with Gasteiger partial charge in [0, 0.05) is 5.56 Å². The Bertz CT molecular complexity index is 473. The zero-order chi connectivity index (χ0) is 14.2. The molecule has 0 unspecified atom stereocenters. The number of aryl methyl sites for hydroxylation is 1. The molecule has 0 spiro atoms. The zero-order valence-corrected chi connectivity index (χ0v) is 12.9. The summed E-state index contributed by atoms with van der Waals surface area (Å²) in [6.45, 7) is 4.49. The summed E-state index contributed by atoms with van der Waals surface area (Å²) in [4.78, 5) is 0. The molecule has 0 radical (unpaired) electrons. The van der Waals surface area contributed by atoms with Gasteiger partial charge < -0.3 is 0 Å². The standard InChI is InChI=1S/C20H26/c1-3-17-9-13-19(14-10-17)7-5-6-8-20-15-11-18(4-2)12-16-20/h5,7,11-12,15-17,19H,3-4,9-10,13-14H2,1-2H3. The Morgan fingerprint density at radius 2 is 1.75 bits per heavy atom. The predicted molar refractivity (Wildman–Crippen MR) is 87.6 cm³/mol. The quantitative estimate of drug-likeness (QED) is 0.645. The van der Waals surface area contributed by atoms with E-state index in [-0.39, 0.29) is 0 Å². The lowest BCUT2D eigenvalue weighted by molar-refractivity contribution is 0.304. The molecule has 0 amide bonds. The van der Waals surface area contributed by atoms with E-state index in [4.69, 9.17) is 0 Å². The Hall–Kier alpha value is -1.48. The summed E-state index contributed by atoms with van der Waals surface area (Å²) in [6, 6.07) is 8.57. The largest absolute Gasteiger partial charge is 0.0730 e. The maximum absolute atomic E-state index is 3.22. The molecule has 0 atom stereocenters. The van der Waals surface area contributed by atoms with Crippen LogP contribution in [0.5, 0.6) is 0 Å². The summed E-state index contributed by atoms with van der Waals surface area (Å²) in [5.41, 5.74) is 2.49. The van der Waals surface area contributed by atoms with E-state index >= 15 is 0 Å². The summed E-state index contributed by atoms with van der Waals surface area (Å²) in [7, 11) is 0. The molecule has 0 nitrogen and oxygen atoms in total. The van der Waals surface area contributed by atoms with Gasteiger partial charge in [-0.05, 0) is 67.7 Å². The van der Waals surface area contributed by atoms with Crippen molar-refractivity contribution in [3.05, 3.63) is 47.5 Å². The van der Waals surface area contributed by atoms with Gasteiger partial charge in [-0.3, -0.25) is 0 Å². The molecule has 0 aliphatic heterocycles. The molecule has 0 bridgehead atoms. The van der Waals surface area contributed by atoms with Crippen LogP contribution in [0.2, 0.25) is 0 Å². The molecule has 1 aliphatic rings. The van der Waals surface area contributed by atoms with Crippen molar-refractivity contribution in [2.45, 2.75) is 52.4 Å². The van der Waals surface area contributed by atoms with Gasteiger partial charge in [-0.25, -0.2) is 0 Å². The molecule has 20 heavy (non-hydrogen) atoms. The first-order valence-electron chi connectivity index (χ1n) is 8.09. The lowest BCUT2D eigenvalue weighted by Gasteiger charge is -2.25. The molecule has 1 aromatic carbocycles. The fourth-order valence-corrected chi connectivity index (χ4v) is 2.92. The highest BCUT2D eigenvalue weighted by Gasteiger charge is 2.17. The van der Waals surface area contributed by atoms with Crippen LogP contribution < -0.4 is 0 Å². The lowest BCUT2D eigenvalue weighted by Crippen LogP contribution is -2.11. The monoisotopic (exact) mass is 266 g/mol. The van der Waals surface area contributed by atoms with Crippen LogP contribution in [0.25, 0.3) is 0 Å². The predicted octanol–water partition coefficient (Wildman–Crippen LogP) is 5.37. The molecule has 1 aliphatic carbocycles. The van der Waals surface area contributed by atoms with E-state index in [2.05, 4.69) is 62.1 Å². The number of rotatable bonds is 3. The molecule has 0 heterocycles. The SMILES string of the molecule is CCc1ccc(C#CC=CC2CCC(CC)CC2)cc1.